The topological polar surface area (TPSA) is 103 Å². The third-order valence-electron chi connectivity index (χ3n) is 3.19. The van der Waals surface area contributed by atoms with Gasteiger partial charge in [0.1, 0.15) is 11.5 Å². The summed E-state index contributed by atoms with van der Waals surface area (Å²) in [6, 6.07) is 1.57. The van der Waals surface area contributed by atoms with Crippen LogP contribution in [-0.2, 0) is 6.54 Å². The molecule has 1 amide bonds. The van der Waals surface area contributed by atoms with Crippen LogP contribution < -0.4 is 17.0 Å². The van der Waals surface area contributed by atoms with Crippen molar-refractivity contribution in [3.8, 4) is 0 Å². The molecular formula is C13H15BrN4O3. The lowest BCUT2D eigenvalue weighted by Gasteiger charge is -2.10. The van der Waals surface area contributed by atoms with Crippen molar-refractivity contribution in [1.82, 2.24) is 15.0 Å². The Kier molecular flexibility index (Phi) is 4.29. The van der Waals surface area contributed by atoms with Gasteiger partial charge in [0.25, 0.3) is 5.91 Å². The highest BCUT2D eigenvalue weighted by Crippen LogP contribution is 2.19. The minimum atomic E-state index is -0.435. The molecule has 0 aliphatic rings. The van der Waals surface area contributed by atoms with E-state index in [0.29, 0.717) is 22.8 Å². The van der Waals surface area contributed by atoms with Crippen LogP contribution in [0.4, 0.5) is 0 Å². The minimum Gasteiger partial charge on any atom is -0.464 e. The highest BCUT2D eigenvalue weighted by atomic mass is 79.9. The average molecular weight is 355 g/mol. The van der Waals surface area contributed by atoms with E-state index in [2.05, 4.69) is 26.3 Å². The summed E-state index contributed by atoms with van der Waals surface area (Å²) >= 11 is 3.40. The van der Waals surface area contributed by atoms with Crippen LogP contribution in [0.25, 0.3) is 0 Å². The number of nitrogens with one attached hydrogen (secondary N) is 1. The van der Waals surface area contributed by atoms with Crippen molar-refractivity contribution in [2.45, 2.75) is 27.3 Å². The van der Waals surface area contributed by atoms with E-state index in [1.165, 1.54) is 4.57 Å². The number of hydrogen-bond donors (Lipinski definition) is 2. The Bertz CT molecular complexity index is 764. The third kappa shape index (κ3) is 2.91. The fraction of sp³-hybridized carbons (Fsp3) is 0.308. The lowest BCUT2D eigenvalue weighted by atomic mass is 10.2. The number of carbonyl (C=O) groups is 1. The van der Waals surface area contributed by atoms with Gasteiger partial charge in [-0.05, 0) is 42.8 Å². The Labute approximate surface area is 129 Å². The van der Waals surface area contributed by atoms with E-state index in [0.717, 1.165) is 10.2 Å². The first-order valence-electron chi connectivity index (χ1n) is 6.19. The lowest BCUT2D eigenvalue weighted by Crippen LogP contribution is -2.30. The molecule has 0 saturated heterocycles. The van der Waals surface area contributed by atoms with E-state index < -0.39 is 5.91 Å². The first-order valence-corrected chi connectivity index (χ1v) is 6.98. The summed E-state index contributed by atoms with van der Waals surface area (Å²) in [5.74, 6) is 5.59. The van der Waals surface area contributed by atoms with Crippen molar-refractivity contribution in [3.05, 3.63) is 49.5 Å². The molecule has 2 aromatic rings. The van der Waals surface area contributed by atoms with E-state index in [4.69, 9.17) is 10.3 Å². The Morgan fingerprint density at radius 1 is 1.48 bits per heavy atom. The third-order valence-corrected chi connectivity index (χ3v) is 4.34. The highest BCUT2D eigenvalue weighted by Gasteiger charge is 2.16. The second-order valence-corrected chi connectivity index (χ2v) is 5.41. The molecule has 2 rings (SSSR count). The molecule has 3 N–H and O–H groups in total. The molecule has 8 heteroatoms. The predicted molar refractivity (Wildman–Crippen MR) is 79.9 cm³/mol. The van der Waals surface area contributed by atoms with E-state index in [9.17, 15) is 9.59 Å². The highest BCUT2D eigenvalue weighted by molar-refractivity contribution is 9.10. The second-order valence-electron chi connectivity index (χ2n) is 4.62. The molecule has 0 bridgehead atoms. The summed E-state index contributed by atoms with van der Waals surface area (Å²) in [7, 11) is 0. The van der Waals surface area contributed by atoms with Crippen LogP contribution in [0.5, 0.6) is 0 Å². The molecule has 0 aromatic carbocycles. The number of halogens is 1. The number of nitrogens with zero attached hydrogens (tertiary/aromatic N) is 2. The summed E-state index contributed by atoms with van der Waals surface area (Å²) in [5, 5.41) is 0. The lowest BCUT2D eigenvalue weighted by molar-refractivity contribution is 0.0952. The van der Waals surface area contributed by atoms with Crippen LogP contribution in [0.15, 0.2) is 19.8 Å². The fourth-order valence-corrected chi connectivity index (χ4v) is 2.35. The monoisotopic (exact) mass is 354 g/mol. The SMILES string of the molecule is Cc1nc(=O)n(Cc2cc(C(=O)NN)c(C)o2)c(C)c1Br. The molecule has 0 aliphatic carbocycles. The number of nitrogen functional groups attached to an aromatic ring is 1. The molecule has 0 atom stereocenters. The maximum atomic E-state index is 12.0. The van der Waals surface area contributed by atoms with Crippen molar-refractivity contribution in [1.29, 1.82) is 0 Å². The van der Waals surface area contributed by atoms with Crippen LogP contribution in [0.1, 0.15) is 33.3 Å². The van der Waals surface area contributed by atoms with Gasteiger partial charge >= 0.3 is 5.69 Å². The summed E-state index contributed by atoms with van der Waals surface area (Å²) in [6.07, 6.45) is 0. The largest absolute Gasteiger partial charge is 0.464 e. The molecule has 2 aromatic heterocycles. The molecule has 112 valence electrons. The van der Waals surface area contributed by atoms with Gasteiger partial charge in [-0.2, -0.15) is 4.98 Å². The van der Waals surface area contributed by atoms with Gasteiger partial charge < -0.3 is 4.42 Å². The molecule has 2 heterocycles. The zero-order chi connectivity index (χ0) is 15.7. The number of hydrogen-bond acceptors (Lipinski definition) is 5. The van der Waals surface area contributed by atoms with Gasteiger partial charge in [0.05, 0.1) is 22.3 Å². The number of amides is 1. The summed E-state index contributed by atoms with van der Waals surface area (Å²) in [5.41, 5.74) is 3.40. The minimum absolute atomic E-state index is 0.190. The normalized spacial score (nSPS) is 10.7. The van der Waals surface area contributed by atoms with Crippen LogP contribution in [-0.4, -0.2) is 15.5 Å². The standard InChI is InChI=1S/C13H15BrN4O3/c1-6-11(14)7(2)18(13(20)16-6)5-9-4-10(8(3)21-9)12(19)17-15/h4H,5,15H2,1-3H3,(H,17,19). The van der Waals surface area contributed by atoms with Crippen molar-refractivity contribution in [2.75, 3.05) is 0 Å². The molecule has 7 nitrogen and oxygen atoms in total. The van der Waals surface area contributed by atoms with E-state index in [-0.39, 0.29) is 12.2 Å². The number of hydrazine groups is 1. The van der Waals surface area contributed by atoms with Crippen LogP contribution in [0.2, 0.25) is 0 Å². The number of carbonyl (C=O) groups excluding carboxylic acids is 1. The van der Waals surface area contributed by atoms with Crippen LogP contribution in [0.3, 0.4) is 0 Å². The fourth-order valence-electron chi connectivity index (χ4n) is 2.04. The van der Waals surface area contributed by atoms with Crippen molar-refractivity contribution in [3.63, 3.8) is 0 Å². The Hall–Kier alpha value is -1.93. The number of nitrogens with two attached hydrogens (primary N) is 1. The van der Waals surface area contributed by atoms with Crippen molar-refractivity contribution < 1.29 is 9.21 Å². The van der Waals surface area contributed by atoms with Gasteiger partial charge in [-0.3, -0.25) is 14.8 Å². The van der Waals surface area contributed by atoms with Gasteiger partial charge in [-0.15, -0.1) is 0 Å². The van der Waals surface area contributed by atoms with Gasteiger partial charge in [0.2, 0.25) is 0 Å². The Morgan fingerprint density at radius 2 is 2.14 bits per heavy atom. The smallest absolute Gasteiger partial charge is 0.348 e. The maximum Gasteiger partial charge on any atom is 0.348 e. The molecule has 0 radical (unpaired) electrons. The summed E-state index contributed by atoms with van der Waals surface area (Å²) < 4.78 is 7.74. The predicted octanol–water partition coefficient (Wildman–Crippen LogP) is 1.18. The number of aromatic nitrogens is 2. The van der Waals surface area contributed by atoms with Gasteiger partial charge in [-0.25, -0.2) is 10.6 Å². The van der Waals surface area contributed by atoms with E-state index >= 15 is 0 Å². The second kappa shape index (κ2) is 5.82. The quantitative estimate of drug-likeness (QED) is 0.489. The average Bonchev–Trinajstić information content (AvgIpc) is 2.81. The first kappa shape index (κ1) is 15.5. The molecule has 0 fully saturated rings. The Balaban J connectivity index is 2.42. The van der Waals surface area contributed by atoms with Crippen molar-refractivity contribution in [2.24, 2.45) is 5.84 Å². The van der Waals surface area contributed by atoms with Crippen LogP contribution in [0, 0.1) is 20.8 Å². The van der Waals surface area contributed by atoms with Gasteiger partial charge in [0, 0.05) is 5.69 Å². The van der Waals surface area contributed by atoms with Crippen molar-refractivity contribution >= 4 is 21.8 Å². The van der Waals surface area contributed by atoms with Crippen LogP contribution >= 0.6 is 15.9 Å². The zero-order valence-corrected chi connectivity index (χ0v) is 13.4. The molecule has 0 unspecified atom stereocenters. The summed E-state index contributed by atoms with van der Waals surface area (Å²) in [4.78, 5) is 27.5. The molecular weight excluding hydrogens is 340 g/mol. The number of aryl methyl sites for hydroxylation is 2. The summed E-state index contributed by atoms with van der Waals surface area (Å²) in [6.45, 7) is 5.41. The van der Waals surface area contributed by atoms with E-state index in [1.807, 2.05) is 6.92 Å². The number of furan rings is 1. The zero-order valence-electron chi connectivity index (χ0n) is 11.9. The molecule has 21 heavy (non-hydrogen) atoms. The molecule has 0 saturated carbocycles. The van der Waals surface area contributed by atoms with Gasteiger partial charge in [-0.1, -0.05) is 0 Å². The number of rotatable bonds is 3. The van der Waals surface area contributed by atoms with Gasteiger partial charge in [0.15, 0.2) is 0 Å². The maximum absolute atomic E-state index is 12.0. The van der Waals surface area contributed by atoms with E-state index in [1.54, 1.807) is 19.9 Å². The molecule has 0 aliphatic heterocycles. The first-order chi connectivity index (χ1) is 9.85. The Morgan fingerprint density at radius 3 is 2.76 bits per heavy atom. The molecule has 0 spiro atoms.